The Morgan fingerprint density at radius 1 is 1.33 bits per heavy atom. The second-order valence-electron chi connectivity index (χ2n) is 3.04. The molecule has 0 fully saturated rings. The van der Waals surface area contributed by atoms with Gasteiger partial charge in [0, 0.05) is 5.02 Å². The third kappa shape index (κ3) is 4.49. The van der Waals surface area contributed by atoms with Gasteiger partial charge in [0.25, 0.3) is 0 Å². The molecular formula is C10H9Cl3N2O2S. The predicted octanol–water partition coefficient (Wildman–Crippen LogP) is 4.09. The molecule has 0 radical (unpaired) electrons. The van der Waals surface area contributed by atoms with Crippen LogP contribution in [0.3, 0.4) is 0 Å². The van der Waals surface area contributed by atoms with Crippen LogP contribution >= 0.6 is 47.0 Å². The molecule has 1 amide bonds. The van der Waals surface area contributed by atoms with Gasteiger partial charge in [-0.3, -0.25) is 5.32 Å². The van der Waals surface area contributed by atoms with Gasteiger partial charge in [-0.1, -0.05) is 34.8 Å². The lowest BCUT2D eigenvalue weighted by molar-refractivity contribution is 0.158. The number of anilines is 1. The Hall–Kier alpha value is -0.750. The van der Waals surface area contributed by atoms with Crippen molar-refractivity contribution >= 4 is 63.9 Å². The van der Waals surface area contributed by atoms with E-state index in [2.05, 4.69) is 15.4 Å². The Labute approximate surface area is 125 Å². The SMILES string of the molecule is CCOC(=O)NC(=S)Nc1c(Cl)cc(Cl)cc1Cl. The van der Waals surface area contributed by atoms with Gasteiger partial charge in [0.2, 0.25) is 0 Å². The fraction of sp³-hybridized carbons (Fsp3) is 0.200. The monoisotopic (exact) mass is 326 g/mol. The number of ether oxygens (including phenoxy) is 1. The summed E-state index contributed by atoms with van der Waals surface area (Å²) in [6, 6.07) is 3.01. The van der Waals surface area contributed by atoms with Crippen molar-refractivity contribution in [3.8, 4) is 0 Å². The van der Waals surface area contributed by atoms with E-state index in [4.69, 9.17) is 47.0 Å². The molecule has 8 heteroatoms. The van der Waals surface area contributed by atoms with E-state index in [1.54, 1.807) is 6.92 Å². The quantitative estimate of drug-likeness (QED) is 0.803. The number of hydrogen-bond donors (Lipinski definition) is 2. The third-order valence-corrected chi connectivity index (χ3v) is 2.75. The molecule has 0 aliphatic rings. The van der Waals surface area contributed by atoms with Gasteiger partial charge in [0.15, 0.2) is 5.11 Å². The van der Waals surface area contributed by atoms with Crippen LogP contribution in [0.25, 0.3) is 0 Å². The summed E-state index contributed by atoms with van der Waals surface area (Å²) in [6.07, 6.45) is -0.656. The van der Waals surface area contributed by atoms with Crippen LogP contribution < -0.4 is 10.6 Å². The van der Waals surface area contributed by atoms with Crippen LogP contribution in [0.2, 0.25) is 15.1 Å². The lowest BCUT2D eigenvalue weighted by atomic mass is 10.3. The van der Waals surface area contributed by atoms with Gasteiger partial charge in [-0.05, 0) is 31.3 Å². The van der Waals surface area contributed by atoms with Crippen molar-refractivity contribution in [1.29, 1.82) is 0 Å². The van der Waals surface area contributed by atoms with Crippen molar-refractivity contribution in [3.63, 3.8) is 0 Å². The lowest BCUT2D eigenvalue weighted by Crippen LogP contribution is -2.34. The van der Waals surface area contributed by atoms with E-state index < -0.39 is 6.09 Å². The predicted molar refractivity (Wildman–Crippen MR) is 77.9 cm³/mol. The molecule has 1 aromatic carbocycles. The molecule has 0 unspecified atom stereocenters. The first-order chi connectivity index (χ1) is 8.43. The van der Waals surface area contributed by atoms with E-state index in [0.29, 0.717) is 20.8 Å². The Bertz CT molecular complexity index is 459. The highest BCUT2D eigenvalue weighted by Gasteiger charge is 2.11. The number of alkyl carbamates (subject to hydrolysis) is 1. The maximum absolute atomic E-state index is 11.1. The standard InChI is InChI=1S/C10H9Cl3N2O2S/c1-2-17-10(16)15-9(18)14-8-6(12)3-5(11)4-7(8)13/h3-4H,2H2,1H3,(H2,14,15,16,18). The van der Waals surface area contributed by atoms with Gasteiger partial charge in [-0.2, -0.15) is 0 Å². The average molecular weight is 328 g/mol. The minimum atomic E-state index is -0.656. The zero-order valence-corrected chi connectivity index (χ0v) is 12.3. The van der Waals surface area contributed by atoms with Crippen LogP contribution in [0.4, 0.5) is 10.5 Å². The van der Waals surface area contributed by atoms with Crippen molar-refractivity contribution in [2.24, 2.45) is 0 Å². The Kier molecular flexibility index (Phi) is 5.95. The van der Waals surface area contributed by atoms with Crippen LogP contribution in [-0.4, -0.2) is 17.8 Å². The van der Waals surface area contributed by atoms with E-state index in [1.165, 1.54) is 12.1 Å². The van der Waals surface area contributed by atoms with Crippen LogP contribution in [0.5, 0.6) is 0 Å². The molecule has 98 valence electrons. The first-order valence-corrected chi connectivity index (χ1v) is 6.37. The maximum Gasteiger partial charge on any atom is 0.413 e. The summed E-state index contributed by atoms with van der Waals surface area (Å²) in [4.78, 5) is 11.1. The minimum Gasteiger partial charge on any atom is -0.450 e. The number of nitrogens with one attached hydrogen (secondary N) is 2. The third-order valence-electron chi connectivity index (χ3n) is 1.74. The van der Waals surface area contributed by atoms with Crippen molar-refractivity contribution in [2.45, 2.75) is 6.92 Å². The second kappa shape index (κ2) is 6.99. The molecular weight excluding hydrogens is 319 g/mol. The normalized spacial score (nSPS) is 9.78. The van der Waals surface area contributed by atoms with Crippen LogP contribution in [0, 0.1) is 0 Å². The number of carbonyl (C=O) groups is 1. The van der Waals surface area contributed by atoms with E-state index in [0.717, 1.165) is 0 Å². The molecule has 0 aliphatic heterocycles. The number of benzene rings is 1. The molecule has 0 heterocycles. The Balaban J connectivity index is 2.73. The fourth-order valence-corrected chi connectivity index (χ4v) is 2.16. The Morgan fingerprint density at radius 2 is 1.89 bits per heavy atom. The fourth-order valence-electron chi connectivity index (χ4n) is 1.07. The van der Waals surface area contributed by atoms with Crippen molar-refractivity contribution < 1.29 is 9.53 Å². The average Bonchev–Trinajstić information content (AvgIpc) is 2.23. The molecule has 0 saturated heterocycles. The maximum atomic E-state index is 11.1. The molecule has 0 spiro atoms. The lowest BCUT2D eigenvalue weighted by Gasteiger charge is -2.12. The van der Waals surface area contributed by atoms with Crippen molar-refractivity contribution in [1.82, 2.24) is 5.32 Å². The first kappa shape index (κ1) is 15.3. The highest BCUT2D eigenvalue weighted by atomic mass is 35.5. The van der Waals surface area contributed by atoms with E-state index in [-0.39, 0.29) is 11.7 Å². The van der Waals surface area contributed by atoms with Crippen LogP contribution in [0.1, 0.15) is 6.92 Å². The summed E-state index contributed by atoms with van der Waals surface area (Å²) >= 11 is 22.6. The number of amides is 1. The molecule has 0 bridgehead atoms. The molecule has 0 saturated carbocycles. The number of rotatable bonds is 2. The zero-order chi connectivity index (χ0) is 13.7. The van der Waals surface area contributed by atoms with E-state index in [1.807, 2.05) is 0 Å². The molecule has 0 aromatic heterocycles. The highest BCUT2D eigenvalue weighted by Crippen LogP contribution is 2.33. The smallest absolute Gasteiger partial charge is 0.413 e. The highest BCUT2D eigenvalue weighted by molar-refractivity contribution is 7.80. The van der Waals surface area contributed by atoms with E-state index >= 15 is 0 Å². The van der Waals surface area contributed by atoms with E-state index in [9.17, 15) is 4.79 Å². The topological polar surface area (TPSA) is 50.4 Å². The number of hydrogen-bond acceptors (Lipinski definition) is 3. The van der Waals surface area contributed by atoms with Crippen molar-refractivity contribution in [2.75, 3.05) is 11.9 Å². The summed E-state index contributed by atoms with van der Waals surface area (Å²) in [5.41, 5.74) is 0.365. The molecule has 1 aromatic rings. The largest absolute Gasteiger partial charge is 0.450 e. The zero-order valence-electron chi connectivity index (χ0n) is 9.22. The molecule has 4 nitrogen and oxygen atoms in total. The van der Waals surface area contributed by atoms with Gasteiger partial charge < -0.3 is 10.1 Å². The van der Waals surface area contributed by atoms with Crippen molar-refractivity contribution in [3.05, 3.63) is 27.2 Å². The van der Waals surface area contributed by atoms with Gasteiger partial charge in [-0.15, -0.1) is 0 Å². The van der Waals surface area contributed by atoms with Gasteiger partial charge >= 0.3 is 6.09 Å². The molecule has 1 rings (SSSR count). The Morgan fingerprint density at radius 3 is 2.39 bits per heavy atom. The summed E-state index contributed by atoms with van der Waals surface area (Å²) in [7, 11) is 0. The van der Waals surface area contributed by atoms with Crippen LogP contribution in [0.15, 0.2) is 12.1 Å². The molecule has 0 aliphatic carbocycles. The molecule has 2 N–H and O–H groups in total. The van der Waals surface area contributed by atoms with Crippen LogP contribution in [-0.2, 0) is 4.74 Å². The summed E-state index contributed by atoms with van der Waals surface area (Å²) in [5, 5.41) is 6.01. The summed E-state index contributed by atoms with van der Waals surface area (Å²) in [6.45, 7) is 1.93. The minimum absolute atomic E-state index is 0.0274. The number of thiocarbonyl (C=S) groups is 1. The summed E-state index contributed by atoms with van der Waals surface area (Å²) in [5.74, 6) is 0. The van der Waals surface area contributed by atoms with Gasteiger partial charge in [0.05, 0.1) is 22.3 Å². The van der Waals surface area contributed by atoms with Gasteiger partial charge in [0.1, 0.15) is 0 Å². The molecule has 0 atom stereocenters. The second-order valence-corrected chi connectivity index (χ2v) is 4.70. The number of carbonyl (C=O) groups excluding carboxylic acids is 1. The number of halogens is 3. The molecule has 18 heavy (non-hydrogen) atoms. The first-order valence-electron chi connectivity index (χ1n) is 4.83. The van der Waals surface area contributed by atoms with Gasteiger partial charge in [-0.25, -0.2) is 4.79 Å². The summed E-state index contributed by atoms with van der Waals surface area (Å²) < 4.78 is 4.67.